The fraction of sp³-hybridized carbons (Fsp3) is 0.0714. The van der Waals surface area contributed by atoms with Crippen molar-refractivity contribution in [2.75, 3.05) is 7.11 Å². The van der Waals surface area contributed by atoms with Crippen molar-refractivity contribution in [2.24, 2.45) is 0 Å². The minimum Gasteiger partial charge on any atom is -0.497 e. The molecule has 0 heterocycles. The van der Waals surface area contributed by atoms with Crippen LogP contribution >= 0.6 is 0 Å². The SMILES string of the molecule is COc1cccc(-c2ccc(C=O)cc2F)c1. The summed E-state index contributed by atoms with van der Waals surface area (Å²) in [7, 11) is 1.56. The number of halogens is 1. The number of hydrogen-bond donors (Lipinski definition) is 0. The predicted octanol–water partition coefficient (Wildman–Crippen LogP) is 3.31. The number of aldehydes is 1. The van der Waals surface area contributed by atoms with Crippen LogP contribution in [0.1, 0.15) is 10.4 Å². The molecule has 0 atom stereocenters. The first-order valence-electron chi connectivity index (χ1n) is 5.14. The van der Waals surface area contributed by atoms with Gasteiger partial charge >= 0.3 is 0 Å². The molecular formula is C14H11FO2. The molecule has 0 spiro atoms. The summed E-state index contributed by atoms with van der Waals surface area (Å²) in [5.74, 6) is 0.254. The molecule has 3 heteroatoms. The van der Waals surface area contributed by atoms with E-state index in [0.29, 0.717) is 23.2 Å². The number of rotatable bonds is 3. The Hall–Kier alpha value is -2.16. The van der Waals surface area contributed by atoms with E-state index in [2.05, 4.69) is 0 Å². The number of ether oxygens (including phenoxy) is 1. The molecule has 86 valence electrons. The molecule has 0 fully saturated rings. The lowest BCUT2D eigenvalue weighted by molar-refractivity contribution is 0.112. The first kappa shape index (κ1) is 11.3. The lowest BCUT2D eigenvalue weighted by Gasteiger charge is -2.06. The van der Waals surface area contributed by atoms with Gasteiger partial charge in [0.1, 0.15) is 17.9 Å². The molecule has 0 amide bonds. The molecule has 2 rings (SSSR count). The van der Waals surface area contributed by atoms with Gasteiger partial charge < -0.3 is 4.74 Å². The molecular weight excluding hydrogens is 219 g/mol. The minimum absolute atomic E-state index is 0.328. The van der Waals surface area contributed by atoms with Gasteiger partial charge in [-0.1, -0.05) is 24.3 Å². The van der Waals surface area contributed by atoms with E-state index < -0.39 is 5.82 Å². The van der Waals surface area contributed by atoms with E-state index in [1.54, 1.807) is 43.5 Å². The average Bonchev–Trinajstić information content (AvgIpc) is 2.38. The Kier molecular flexibility index (Phi) is 3.19. The van der Waals surface area contributed by atoms with Crippen LogP contribution in [0, 0.1) is 5.82 Å². The first-order chi connectivity index (χ1) is 8.24. The number of carbonyl (C=O) groups excluding carboxylic acids is 1. The molecule has 0 bridgehead atoms. The Balaban J connectivity index is 2.48. The molecule has 0 saturated heterocycles. The molecule has 0 N–H and O–H groups in total. The van der Waals surface area contributed by atoms with Gasteiger partial charge in [0.25, 0.3) is 0 Å². The van der Waals surface area contributed by atoms with Gasteiger partial charge in [-0.15, -0.1) is 0 Å². The van der Waals surface area contributed by atoms with E-state index in [1.165, 1.54) is 6.07 Å². The van der Waals surface area contributed by atoms with Crippen LogP contribution in [0.4, 0.5) is 4.39 Å². The molecule has 0 aliphatic carbocycles. The predicted molar refractivity (Wildman–Crippen MR) is 63.8 cm³/mol. The van der Waals surface area contributed by atoms with Crippen LogP contribution in [0.3, 0.4) is 0 Å². The van der Waals surface area contributed by atoms with E-state index in [-0.39, 0.29) is 0 Å². The van der Waals surface area contributed by atoms with Crippen LogP contribution in [0.15, 0.2) is 42.5 Å². The van der Waals surface area contributed by atoms with Gasteiger partial charge in [0, 0.05) is 11.1 Å². The van der Waals surface area contributed by atoms with Gasteiger partial charge in [0.05, 0.1) is 7.11 Å². The zero-order chi connectivity index (χ0) is 12.3. The maximum atomic E-state index is 13.8. The van der Waals surface area contributed by atoms with Gasteiger partial charge in [-0.25, -0.2) is 4.39 Å². The van der Waals surface area contributed by atoms with Gasteiger partial charge in [0.2, 0.25) is 0 Å². The lowest BCUT2D eigenvalue weighted by atomic mass is 10.0. The maximum Gasteiger partial charge on any atom is 0.150 e. The highest BCUT2D eigenvalue weighted by molar-refractivity contribution is 5.77. The second-order valence-corrected chi connectivity index (χ2v) is 3.59. The summed E-state index contributed by atoms with van der Waals surface area (Å²) in [5, 5.41) is 0. The zero-order valence-corrected chi connectivity index (χ0v) is 9.31. The van der Waals surface area contributed by atoms with Crippen LogP contribution < -0.4 is 4.74 Å². The second-order valence-electron chi connectivity index (χ2n) is 3.59. The normalized spacial score (nSPS) is 10.0. The summed E-state index contributed by atoms with van der Waals surface area (Å²) in [6.07, 6.45) is 0.623. The Morgan fingerprint density at radius 3 is 2.65 bits per heavy atom. The van der Waals surface area contributed by atoms with E-state index in [9.17, 15) is 9.18 Å². The third-order valence-electron chi connectivity index (χ3n) is 2.51. The van der Waals surface area contributed by atoms with Crippen LogP contribution in [-0.4, -0.2) is 13.4 Å². The summed E-state index contributed by atoms with van der Waals surface area (Å²) in [5.41, 5.74) is 1.50. The third-order valence-corrected chi connectivity index (χ3v) is 2.51. The number of carbonyl (C=O) groups is 1. The van der Waals surface area contributed by atoms with Gasteiger partial charge in [-0.05, 0) is 23.8 Å². The van der Waals surface area contributed by atoms with Crippen molar-refractivity contribution in [1.29, 1.82) is 0 Å². The molecule has 2 nitrogen and oxygen atoms in total. The van der Waals surface area contributed by atoms with Gasteiger partial charge in [-0.2, -0.15) is 0 Å². The number of hydrogen-bond acceptors (Lipinski definition) is 2. The summed E-state index contributed by atoms with van der Waals surface area (Å²) in [6, 6.07) is 11.5. The topological polar surface area (TPSA) is 26.3 Å². The molecule has 2 aromatic carbocycles. The van der Waals surface area contributed by atoms with Crippen LogP contribution in [0.2, 0.25) is 0 Å². The van der Waals surface area contributed by atoms with Crippen molar-refractivity contribution in [2.45, 2.75) is 0 Å². The van der Waals surface area contributed by atoms with Crippen LogP contribution in [0.5, 0.6) is 5.75 Å². The van der Waals surface area contributed by atoms with E-state index >= 15 is 0 Å². The quantitative estimate of drug-likeness (QED) is 0.756. The molecule has 2 aromatic rings. The molecule has 0 aliphatic rings. The van der Waals surface area contributed by atoms with Crippen molar-refractivity contribution in [3.8, 4) is 16.9 Å². The van der Waals surface area contributed by atoms with Crippen molar-refractivity contribution in [3.63, 3.8) is 0 Å². The van der Waals surface area contributed by atoms with Crippen molar-refractivity contribution >= 4 is 6.29 Å². The van der Waals surface area contributed by atoms with E-state index in [0.717, 1.165) is 5.56 Å². The fourth-order valence-corrected chi connectivity index (χ4v) is 1.63. The highest BCUT2D eigenvalue weighted by Crippen LogP contribution is 2.26. The Bertz CT molecular complexity index is 550. The maximum absolute atomic E-state index is 13.8. The molecule has 17 heavy (non-hydrogen) atoms. The summed E-state index contributed by atoms with van der Waals surface area (Å²) >= 11 is 0. The van der Waals surface area contributed by atoms with Crippen molar-refractivity contribution in [3.05, 3.63) is 53.8 Å². The number of benzene rings is 2. The standard InChI is InChI=1S/C14H11FO2/c1-17-12-4-2-3-11(8-12)13-6-5-10(9-16)7-14(13)15/h2-9H,1H3. The Morgan fingerprint density at radius 1 is 1.18 bits per heavy atom. The van der Waals surface area contributed by atoms with Crippen LogP contribution in [0.25, 0.3) is 11.1 Å². The zero-order valence-electron chi connectivity index (χ0n) is 9.31. The fourth-order valence-electron chi connectivity index (χ4n) is 1.63. The van der Waals surface area contributed by atoms with E-state index in [4.69, 9.17) is 4.74 Å². The summed E-state index contributed by atoms with van der Waals surface area (Å²) < 4.78 is 18.8. The highest BCUT2D eigenvalue weighted by atomic mass is 19.1. The lowest BCUT2D eigenvalue weighted by Crippen LogP contribution is -1.89. The van der Waals surface area contributed by atoms with Gasteiger partial charge in [-0.3, -0.25) is 4.79 Å². The first-order valence-corrected chi connectivity index (χ1v) is 5.14. The summed E-state index contributed by atoms with van der Waals surface area (Å²) in [4.78, 5) is 10.5. The Morgan fingerprint density at radius 2 is 2.00 bits per heavy atom. The second kappa shape index (κ2) is 4.78. The molecule has 0 radical (unpaired) electrons. The monoisotopic (exact) mass is 230 g/mol. The average molecular weight is 230 g/mol. The molecule has 0 unspecified atom stereocenters. The smallest absolute Gasteiger partial charge is 0.150 e. The molecule has 0 aliphatic heterocycles. The third kappa shape index (κ3) is 2.33. The van der Waals surface area contributed by atoms with Crippen molar-refractivity contribution < 1.29 is 13.9 Å². The highest BCUT2D eigenvalue weighted by Gasteiger charge is 2.06. The minimum atomic E-state index is -0.414. The molecule has 0 saturated carbocycles. The Labute approximate surface area is 98.7 Å². The van der Waals surface area contributed by atoms with E-state index in [1.807, 2.05) is 0 Å². The van der Waals surface area contributed by atoms with Crippen molar-refractivity contribution in [1.82, 2.24) is 0 Å². The van der Waals surface area contributed by atoms with Gasteiger partial charge in [0.15, 0.2) is 0 Å². The molecule has 0 aromatic heterocycles. The number of methoxy groups -OCH3 is 1. The largest absolute Gasteiger partial charge is 0.497 e. The van der Waals surface area contributed by atoms with Crippen LogP contribution in [-0.2, 0) is 0 Å². The summed E-state index contributed by atoms with van der Waals surface area (Å²) in [6.45, 7) is 0.